The summed E-state index contributed by atoms with van der Waals surface area (Å²) < 4.78 is 1.60. The summed E-state index contributed by atoms with van der Waals surface area (Å²) in [5.74, 6) is 0. The van der Waals surface area contributed by atoms with Crippen LogP contribution < -0.4 is 5.43 Å². The number of hydrogen-bond acceptors (Lipinski definition) is 2. The maximum Gasteiger partial charge on any atom is 0.182 e. The lowest BCUT2D eigenvalue weighted by Crippen LogP contribution is -2.04. The van der Waals surface area contributed by atoms with Crippen molar-refractivity contribution < 1.29 is 0 Å². The first-order chi connectivity index (χ1) is 4.74. The Kier molecular flexibility index (Phi) is 1.55. The molecule has 0 atom stereocenters. The number of nitrogens with zero attached hydrogens (tertiary/aromatic N) is 2. The normalized spacial score (nSPS) is 8.80. The molecule has 0 bridgehead atoms. The topological polar surface area (TPSA) is 45.8 Å². The molecule has 0 saturated carbocycles. The predicted molar refractivity (Wildman–Crippen MR) is 36.4 cm³/mol. The van der Waals surface area contributed by atoms with Crippen LogP contribution in [0.15, 0.2) is 23.1 Å². The minimum absolute atomic E-state index is 0.130. The largest absolute Gasteiger partial charge is 0.342 e. The third-order valence-electron chi connectivity index (χ3n) is 1.24. The molecule has 1 aromatic rings. The van der Waals surface area contributed by atoms with Gasteiger partial charge in [-0.3, -0.25) is 4.79 Å². The molecule has 50 valence electrons. The summed E-state index contributed by atoms with van der Waals surface area (Å²) in [6.07, 6.45) is 1.57. The Hall–Kier alpha value is -1.56. The van der Waals surface area contributed by atoms with Crippen molar-refractivity contribution in [1.29, 1.82) is 5.26 Å². The van der Waals surface area contributed by atoms with Crippen LogP contribution in [0.1, 0.15) is 5.69 Å². The van der Waals surface area contributed by atoms with Gasteiger partial charge < -0.3 is 4.57 Å². The van der Waals surface area contributed by atoms with Crippen molar-refractivity contribution in [3.63, 3.8) is 0 Å². The second-order valence-corrected chi connectivity index (χ2v) is 1.97. The standard InChI is InChI=1S/C7H6N2O/c1-9-3-2-7(10)4-6(9)5-8/h2-4H,1H3. The fraction of sp³-hybridized carbons (Fsp3) is 0.143. The van der Waals surface area contributed by atoms with E-state index >= 15 is 0 Å². The first-order valence-corrected chi connectivity index (χ1v) is 2.81. The van der Waals surface area contributed by atoms with Gasteiger partial charge in [0, 0.05) is 25.4 Å². The maximum absolute atomic E-state index is 10.6. The van der Waals surface area contributed by atoms with Crippen LogP contribution >= 0.6 is 0 Å². The Morgan fingerprint density at radius 2 is 2.40 bits per heavy atom. The minimum Gasteiger partial charge on any atom is -0.342 e. The van der Waals surface area contributed by atoms with Gasteiger partial charge in [0.25, 0.3) is 0 Å². The van der Waals surface area contributed by atoms with Gasteiger partial charge in [-0.15, -0.1) is 0 Å². The average molecular weight is 134 g/mol. The van der Waals surface area contributed by atoms with Crippen molar-refractivity contribution in [2.24, 2.45) is 7.05 Å². The summed E-state index contributed by atoms with van der Waals surface area (Å²) in [5, 5.41) is 8.43. The highest BCUT2D eigenvalue weighted by atomic mass is 16.1. The second kappa shape index (κ2) is 2.36. The smallest absolute Gasteiger partial charge is 0.182 e. The zero-order valence-electron chi connectivity index (χ0n) is 5.53. The number of rotatable bonds is 0. The van der Waals surface area contributed by atoms with Gasteiger partial charge in [-0.1, -0.05) is 0 Å². The quantitative estimate of drug-likeness (QED) is 0.510. The fourth-order valence-corrected chi connectivity index (χ4v) is 0.661. The molecule has 1 heterocycles. The zero-order valence-corrected chi connectivity index (χ0v) is 5.53. The van der Waals surface area contributed by atoms with E-state index in [4.69, 9.17) is 5.26 Å². The predicted octanol–water partition coefficient (Wildman–Crippen LogP) is 0.257. The number of aryl methyl sites for hydroxylation is 1. The van der Waals surface area contributed by atoms with Crippen LogP contribution in [-0.4, -0.2) is 4.57 Å². The third-order valence-corrected chi connectivity index (χ3v) is 1.24. The second-order valence-electron chi connectivity index (χ2n) is 1.97. The monoisotopic (exact) mass is 134 g/mol. The van der Waals surface area contributed by atoms with Crippen LogP contribution in [-0.2, 0) is 7.05 Å². The van der Waals surface area contributed by atoms with E-state index in [1.165, 1.54) is 12.1 Å². The number of hydrogen-bond donors (Lipinski definition) is 0. The lowest BCUT2D eigenvalue weighted by Gasteiger charge is -1.96. The van der Waals surface area contributed by atoms with Crippen LogP contribution in [0, 0.1) is 11.3 Å². The van der Waals surface area contributed by atoms with Crippen molar-refractivity contribution in [3.05, 3.63) is 34.2 Å². The summed E-state index contributed by atoms with van der Waals surface area (Å²) in [5.41, 5.74) is 0.252. The van der Waals surface area contributed by atoms with Gasteiger partial charge >= 0.3 is 0 Å². The summed E-state index contributed by atoms with van der Waals surface area (Å²) >= 11 is 0. The van der Waals surface area contributed by atoms with Gasteiger partial charge in [0.05, 0.1) is 0 Å². The van der Waals surface area contributed by atoms with Crippen LogP contribution in [0.3, 0.4) is 0 Å². The summed E-state index contributed by atoms with van der Waals surface area (Å²) in [7, 11) is 1.72. The number of nitriles is 1. The van der Waals surface area contributed by atoms with Crippen LogP contribution in [0.5, 0.6) is 0 Å². The van der Waals surface area contributed by atoms with Crippen molar-refractivity contribution in [2.45, 2.75) is 0 Å². The Labute approximate surface area is 58.1 Å². The fourth-order valence-electron chi connectivity index (χ4n) is 0.661. The van der Waals surface area contributed by atoms with Crippen molar-refractivity contribution in [2.75, 3.05) is 0 Å². The molecule has 10 heavy (non-hydrogen) atoms. The van der Waals surface area contributed by atoms with E-state index in [9.17, 15) is 4.79 Å². The number of aromatic nitrogens is 1. The average Bonchev–Trinajstić information content (AvgIpc) is 1.94. The molecule has 1 aromatic heterocycles. The van der Waals surface area contributed by atoms with E-state index in [0.29, 0.717) is 5.69 Å². The minimum atomic E-state index is -0.130. The van der Waals surface area contributed by atoms with Gasteiger partial charge in [0.2, 0.25) is 0 Å². The first-order valence-electron chi connectivity index (χ1n) is 2.81. The van der Waals surface area contributed by atoms with Gasteiger partial charge in [0.1, 0.15) is 11.8 Å². The first kappa shape index (κ1) is 6.56. The summed E-state index contributed by atoms with van der Waals surface area (Å²) in [6, 6.07) is 4.62. The lowest BCUT2D eigenvalue weighted by atomic mass is 10.3. The Morgan fingerprint density at radius 1 is 1.70 bits per heavy atom. The molecule has 0 aliphatic carbocycles. The SMILES string of the molecule is Cn1ccc(=O)cc1C#N. The number of pyridine rings is 1. The molecule has 0 saturated heterocycles. The van der Waals surface area contributed by atoms with Crippen LogP contribution in [0.2, 0.25) is 0 Å². The molecule has 0 aliphatic heterocycles. The zero-order chi connectivity index (χ0) is 7.56. The molecule has 0 radical (unpaired) electrons. The third kappa shape index (κ3) is 1.06. The molecule has 0 spiro atoms. The van der Waals surface area contributed by atoms with Crippen molar-refractivity contribution in [3.8, 4) is 6.07 Å². The van der Waals surface area contributed by atoms with E-state index in [-0.39, 0.29) is 5.43 Å². The van der Waals surface area contributed by atoms with E-state index in [1.54, 1.807) is 17.8 Å². The highest BCUT2D eigenvalue weighted by Gasteiger charge is 1.92. The molecule has 0 unspecified atom stereocenters. The molecule has 0 amide bonds. The van der Waals surface area contributed by atoms with Gasteiger partial charge in [0.15, 0.2) is 5.43 Å². The Balaban J connectivity index is 3.40. The molecule has 0 aromatic carbocycles. The van der Waals surface area contributed by atoms with E-state index < -0.39 is 0 Å². The molecule has 0 aliphatic rings. The molecule has 3 heteroatoms. The highest BCUT2D eigenvalue weighted by molar-refractivity contribution is 5.20. The molecular formula is C7H6N2O. The summed E-state index contributed by atoms with van der Waals surface area (Å²) in [4.78, 5) is 10.6. The Morgan fingerprint density at radius 3 is 2.90 bits per heavy atom. The maximum atomic E-state index is 10.6. The Bertz CT molecular complexity index is 332. The van der Waals surface area contributed by atoms with Crippen LogP contribution in [0.25, 0.3) is 0 Å². The van der Waals surface area contributed by atoms with Crippen molar-refractivity contribution >= 4 is 0 Å². The van der Waals surface area contributed by atoms with Crippen LogP contribution in [0.4, 0.5) is 0 Å². The molecule has 0 N–H and O–H groups in total. The molecule has 0 fully saturated rings. The highest BCUT2D eigenvalue weighted by Crippen LogP contribution is 1.88. The molecule has 1 rings (SSSR count). The van der Waals surface area contributed by atoms with E-state index in [1.807, 2.05) is 6.07 Å². The lowest BCUT2D eigenvalue weighted by molar-refractivity contribution is 0.880. The van der Waals surface area contributed by atoms with Crippen molar-refractivity contribution in [1.82, 2.24) is 4.57 Å². The van der Waals surface area contributed by atoms with Gasteiger partial charge in [-0.05, 0) is 0 Å². The van der Waals surface area contributed by atoms with Gasteiger partial charge in [-0.25, -0.2) is 0 Å². The van der Waals surface area contributed by atoms with Gasteiger partial charge in [-0.2, -0.15) is 5.26 Å². The van der Waals surface area contributed by atoms with E-state index in [2.05, 4.69) is 0 Å². The van der Waals surface area contributed by atoms with E-state index in [0.717, 1.165) is 0 Å². The molecule has 3 nitrogen and oxygen atoms in total. The summed E-state index contributed by atoms with van der Waals surface area (Å²) in [6.45, 7) is 0. The molecular weight excluding hydrogens is 128 g/mol.